The lowest BCUT2D eigenvalue weighted by Crippen LogP contribution is -2.41. The SMILES string of the molecule is Cc1c(C#N)cccc1[C@@H](N)Nc1nnc(C)c2ccc(N3CCC(N(C)C)CC3)cc12. The predicted molar refractivity (Wildman–Crippen MR) is 130 cm³/mol. The molecule has 0 unspecified atom stereocenters. The van der Waals surface area contributed by atoms with E-state index in [1.807, 2.05) is 26.0 Å². The third kappa shape index (κ3) is 4.24. The van der Waals surface area contributed by atoms with Crippen molar-refractivity contribution in [3.63, 3.8) is 0 Å². The molecule has 1 fully saturated rings. The lowest BCUT2D eigenvalue weighted by molar-refractivity contribution is 0.249. The van der Waals surface area contributed by atoms with Crippen molar-refractivity contribution in [3.8, 4) is 6.07 Å². The number of rotatable bonds is 5. The summed E-state index contributed by atoms with van der Waals surface area (Å²) in [5.74, 6) is 0.657. The van der Waals surface area contributed by atoms with Gasteiger partial charge in [0, 0.05) is 35.6 Å². The molecule has 0 bridgehead atoms. The second-order valence-electron chi connectivity index (χ2n) is 8.80. The largest absolute Gasteiger partial charge is 0.371 e. The van der Waals surface area contributed by atoms with Gasteiger partial charge in [-0.05, 0) is 70.1 Å². The number of nitrogens with zero attached hydrogens (tertiary/aromatic N) is 5. The van der Waals surface area contributed by atoms with E-state index >= 15 is 0 Å². The summed E-state index contributed by atoms with van der Waals surface area (Å²) in [6.45, 7) is 5.97. The summed E-state index contributed by atoms with van der Waals surface area (Å²) >= 11 is 0. The van der Waals surface area contributed by atoms with Gasteiger partial charge in [0.2, 0.25) is 0 Å². The van der Waals surface area contributed by atoms with Crippen LogP contribution in [0.2, 0.25) is 0 Å². The Hall–Kier alpha value is -3.21. The molecular formula is C25H31N7. The van der Waals surface area contributed by atoms with Crippen molar-refractivity contribution in [3.05, 3.63) is 58.8 Å². The van der Waals surface area contributed by atoms with Crippen LogP contribution in [-0.2, 0) is 0 Å². The molecule has 1 aliphatic rings. The van der Waals surface area contributed by atoms with Crippen LogP contribution in [0.5, 0.6) is 0 Å². The van der Waals surface area contributed by atoms with Gasteiger partial charge in [0.15, 0.2) is 5.82 Å². The van der Waals surface area contributed by atoms with E-state index < -0.39 is 6.17 Å². The van der Waals surface area contributed by atoms with E-state index in [2.05, 4.69) is 63.7 Å². The van der Waals surface area contributed by atoms with Crippen LogP contribution >= 0.6 is 0 Å². The Labute approximate surface area is 189 Å². The van der Waals surface area contributed by atoms with Crippen molar-refractivity contribution in [1.29, 1.82) is 5.26 Å². The van der Waals surface area contributed by atoms with E-state index in [1.165, 1.54) is 5.69 Å². The van der Waals surface area contributed by atoms with Gasteiger partial charge in [0.1, 0.15) is 6.17 Å². The molecule has 3 aromatic rings. The van der Waals surface area contributed by atoms with Crippen molar-refractivity contribution in [2.75, 3.05) is 37.4 Å². The molecule has 0 amide bonds. The standard InChI is InChI=1S/C25H31N7/c1-16-18(15-26)6-5-7-21(16)24(27)28-25-23-14-20(8-9-22(23)17(2)29-30-25)32-12-10-19(11-13-32)31(3)4/h5-9,14,19,24H,10-13,27H2,1-4H3,(H,28,30)/t24-/m0/s1. The topological polar surface area (TPSA) is 94.1 Å². The average molecular weight is 430 g/mol. The highest BCUT2D eigenvalue weighted by molar-refractivity contribution is 5.95. The van der Waals surface area contributed by atoms with Crippen molar-refractivity contribution in [2.45, 2.75) is 38.9 Å². The smallest absolute Gasteiger partial charge is 0.158 e. The zero-order valence-electron chi connectivity index (χ0n) is 19.3. The lowest BCUT2D eigenvalue weighted by Gasteiger charge is -2.36. The fourth-order valence-corrected chi connectivity index (χ4v) is 4.56. The monoisotopic (exact) mass is 429 g/mol. The molecule has 0 radical (unpaired) electrons. The van der Waals surface area contributed by atoms with Crippen LogP contribution in [0.15, 0.2) is 36.4 Å². The molecule has 1 atom stereocenters. The molecule has 4 rings (SSSR count). The molecule has 3 N–H and O–H groups in total. The van der Waals surface area contributed by atoms with E-state index in [1.54, 1.807) is 6.07 Å². The maximum Gasteiger partial charge on any atom is 0.158 e. The summed E-state index contributed by atoms with van der Waals surface area (Å²) < 4.78 is 0. The number of nitrogens with two attached hydrogens (primary N) is 1. The van der Waals surface area contributed by atoms with Crippen LogP contribution in [0.3, 0.4) is 0 Å². The van der Waals surface area contributed by atoms with Crippen molar-refractivity contribution in [1.82, 2.24) is 15.1 Å². The van der Waals surface area contributed by atoms with E-state index in [-0.39, 0.29) is 0 Å². The number of nitrogens with one attached hydrogen (secondary N) is 1. The van der Waals surface area contributed by atoms with Crippen LogP contribution < -0.4 is 16.0 Å². The first-order chi connectivity index (χ1) is 15.4. The first kappa shape index (κ1) is 22.0. The average Bonchev–Trinajstić information content (AvgIpc) is 2.81. The second-order valence-corrected chi connectivity index (χ2v) is 8.80. The Bertz CT molecular complexity index is 1160. The lowest BCUT2D eigenvalue weighted by atomic mass is 10.0. The Morgan fingerprint density at radius 2 is 1.88 bits per heavy atom. The number of fused-ring (bicyclic) bond motifs is 1. The molecule has 1 aromatic heterocycles. The summed E-state index contributed by atoms with van der Waals surface area (Å²) in [7, 11) is 4.32. The summed E-state index contributed by atoms with van der Waals surface area (Å²) in [4.78, 5) is 4.77. The van der Waals surface area contributed by atoms with Gasteiger partial charge in [-0.2, -0.15) is 10.4 Å². The van der Waals surface area contributed by atoms with Gasteiger partial charge in [-0.25, -0.2) is 0 Å². The van der Waals surface area contributed by atoms with Crippen molar-refractivity contribution in [2.24, 2.45) is 5.73 Å². The predicted octanol–water partition coefficient (Wildman–Crippen LogP) is 3.72. The highest BCUT2D eigenvalue weighted by Gasteiger charge is 2.22. The first-order valence-electron chi connectivity index (χ1n) is 11.1. The number of hydrogen-bond acceptors (Lipinski definition) is 7. The number of aromatic nitrogens is 2. The minimum Gasteiger partial charge on any atom is -0.371 e. The first-order valence-corrected chi connectivity index (χ1v) is 11.1. The minimum absolute atomic E-state index is 0.497. The van der Waals surface area contributed by atoms with Crippen molar-refractivity contribution >= 4 is 22.3 Å². The molecule has 7 nitrogen and oxygen atoms in total. The molecule has 7 heteroatoms. The van der Waals surface area contributed by atoms with E-state index in [0.29, 0.717) is 17.4 Å². The number of benzene rings is 2. The van der Waals surface area contributed by atoms with Gasteiger partial charge in [0.25, 0.3) is 0 Å². The van der Waals surface area contributed by atoms with E-state index in [4.69, 9.17) is 5.73 Å². The summed E-state index contributed by atoms with van der Waals surface area (Å²) in [5.41, 5.74) is 11.0. The van der Waals surface area contributed by atoms with Crippen LogP contribution in [0.25, 0.3) is 10.8 Å². The Morgan fingerprint density at radius 3 is 2.56 bits per heavy atom. The third-order valence-electron chi connectivity index (χ3n) is 6.63. The molecule has 2 aromatic carbocycles. The summed E-state index contributed by atoms with van der Waals surface area (Å²) in [6, 6.07) is 15.0. The third-order valence-corrected chi connectivity index (χ3v) is 6.63. The van der Waals surface area contributed by atoms with E-state index in [9.17, 15) is 5.26 Å². The normalized spacial score (nSPS) is 15.7. The maximum absolute atomic E-state index is 9.35. The number of piperidine rings is 1. The van der Waals surface area contributed by atoms with Gasteiger partial charge in [-0.15, -0.1) is 5.10 Å². The van der Waals surface area contributed by atoms with Gasteiger partial charge in [0.05, 0.1) is 17.3 Å². The Morgan fingerprint density at radius 1 is 1.12 bits per heavy atom. The molecule has 0 spiro atoms. The number of hydrogen-bond donors (Lipinski definition) is 2. The zero-order valence-corrected chi connectivity index (χ0v) is 19.3. The number of aryl methyl sites for hydroxylation is 1. The number of anilines is 2. The maximum atomic E-state index is 9.35. The molecule has 0 aliphatic carbocycles. The summed E-state index contributed by atoms with van der Waals surface area (Å²) in [6.07, 6.45) is 1.81. The van der Waals surface area contributed by atoms with Crippen LogP contribution in [0.4, 0.5) is 11.5 Å². The van der Waals surface area contributed by atoms with Crippen LogP contribution in [-0.4, -0.2) is 48.3 Å². The molecule has 166 valence electrons. The van der Waals surface area contributed by atoms with Crippen LogP contribution in [0.1, 0.15) is 41.4 Å². The number of nitriles is 1. The van der Waals surface area contributed by atoms with Gasteiger partial charge in [-0.3, -0.25) is 0 Å². The molecule has 2 heterocycles. The second kappa shape index (κ2) is 9.11. The Balaban J connectivity index is 1.64. The Kier molecular flexibility index (Phi) is 6.26. The zero-order chi connectivity index (χ0) is 22.8. The van der Waals surface area contributed by atoms with Crippen molar-refractivity contribution < 1.29 is 0 Å². The van der Waals surface area contributed by atoms with Crippen LogP contribution in [0, 0.1) is 25.2 Å². The molecule has 0 saturated carbocycles. The summed E-state index contributed by atoms with van der Waals surface area (Å²) in [5, 5.41) is 23.5. The highest BCUT2D eigenvalue weighted by Crippen LogP contribution is 2.31. The highest BCUT2D eigenvalue weighted by atomic mass is 15.2. The van der Waals surface area contributed by atoms with E-state index in [0.717, 1.165) is 53.5 Å². The van der Waals surface area contributed by atoms with Gasteiger partial charge in [-0.1, -0.05) is 18.2 Å². The molecule has 32 heavy (non-hydrogen) atoms. The fourth-order valence-electron chi connectivity index (χ4n) is 4.56. The van der Waals surface area contributed by atoms with Gasteiger partial charge >= 0.3 is 0 Å². The minimum atomic E-state index is -0.497. The molecular weight excluding hydrogens is 398 g/mol. The van der Waals surface area contributed by atoms with Gasteiger partial charge < -0.3 is 20.9 Å². The molecule has 1 aliphatic heterocycles. The fraction of sp³-hybridized carbons (Fsp3) is 0.400. The molecule has 1 saturated heterocycles. The quantitative estimate of drug-likeness (QED) is 0.597.